The van der Waals surface area contributed by atoms with Crippen molar-refractivity contribution >= 4 is 43.6 Å². The van der Waals surface area contributed by atoms with Gasteiger partial charge in [0.2, 0.25) is 0 Å². The predicted octanol–water partition coefficient (Wildman–Crippen LogP) is 19.5. The van der Waals surface area contributed by atoms with Crippen molar-refractivity contribution in [3.63, 3.8) is 0 Å². The molecule has 0 unspecified atom stereocenters. The standard InChI is InChI=1S/C72H74N4O/c1-68(2,3)48-31-30-44-35-50(70(7,8)9)43-63(59(44)42-48)76-61-27-18-16-22-56(61)57-26-20-25-55(66(57)76)45-32-33-73-60(38-45)47-34-46(36-49(37-47)69(4,5)6)54-24-21-28-62-65(54)74-67(58-23-17-19-29-64(58)77)75(62)53-40-51(71(10,11)12)39-52(41-53)72(13,14)15/h16-43,77H,1-15H3. The number of rotatable bonds is 6. The molecule has 8 aromatic carbocycles. The van der Waals surface area contributed by atoms with E-state index in [1.807, 2.05) is 24.4 Å². The predicted molar refractivity (Wildman–Crippen MR) is 328 cm³/mol. The SMILES string of the molecule is CC(C)(C)c1cc(-c2cc(-c3cccc4c5ccccc5n(-c5cc(C(C)(C)C)cc6ccc(C(C)(C)C)cc56)c34)ccn2)cc(-c2cccc3c2nc(-c2ccccc2O)n3-c2cc(C(C)(C)C)cc(C(C)(C)C)c2)c1. The zero-order valence-corrected chi connectivity index (χ0v) is 47.9. The Hall–Kier alpha value is -7.76. The highest BCUT2D eigenvalue weighted by Gasteiger charge is 2.28. The third kappa shape index (κ3) is 9.32. The maximum Gasteiger partial charge on any atom is 0.149 e. The smallest absolute Gasteiger partial charge is 0.149 e. The first kappa shape index (κ1) is 51.4. The quantitative estimate of drug-likeness (QED) is 0.181. The van der Waals surface area contributed by atoms with Gasteiger partial charge in [0.05, 0.1) is 39.0 Å². The van der Waals surface area contributed by atoms with Gasteiger partial charge < -0.3 is 9.67 Å². The molecule has 0 amide bonds. The van der Waals surface area contributed by atoms with Gasteiger partial charge in [0, 0.05) is 44.7 Å². The summed E-state index contributed by atoms with van der Waals surface area (Å²) < 4.78 is 4.79. The largest absolute Gasteiger partial charge is 0.507 e. The topological polar surface area (TPSA) is 55.9 Å². The molecule has 77 heavy (non-hydrogen) atoms. The molecule has 1 N–H and O–H groups in total. The normalized spacial score (nSPS) is 12.9. The summed E-state index contributed by atoms with van der Waals surface area (Å²) >= 11 is 0. The first-order chi connectivity index (χ1) is 36.2. The van der Waals surface area contributed by atoms with E-state index in [1.165, 1.54) is 66.1 Å². The van der Waals surface area contributed by atoms with Crippen molar-refractivity contribution in [3.05, 3.63) is 198 Å². The number of para-hydroxylation sites is 4. The lowest BCUT2D eigenvalue weighted by molar-refractivity contribution is 0.477. The summed E-state index contributed by atoms with van der Waals surface area (Å²) in [4.78, 5) is 10.7. The molecule has 0 bridgehead atoms. The summed E-state index contributed by atoms with van der Waals surface area (Å²) in [6.45, 7) is 34.3. The van der Waals surface area contributed by atoms with Crippen molar-refractivity contribution in [1.29, 1.82) is 0 Å². The van der Waals surface area contributed by atoms with E-state index in [-0.39, 0.29) is 32.8 Å². The van der Waals surface area contributed by atoms with Gasteiger partial charge in [0.25, 0.3) is 0 Å². The zero-order valence-electron chi connectivity index (χ0n) is 47.9. The number of fused-ring (bicyclic) bond motifs is 5. The van der Waals surface area contributed by atoms with Crippen LogP contribution in [0, 0.1) is 0 Å². The third-order valence-corrected chi connectivity index (χ3v) is 15.8. The number of aromatic hydroxyl groups is 1. The maximum absolute atomic E-state index is 11.5. The van der Waals surface area contributed by atoms with Gasteiger partial charge in [0.15, 0.2) is 0 Å². The Balaban J connectivity index is 1.13. The molecule has 0 radical (unpaired) electrons. The highest BCUT2D eigenvalue weighted by Crippen LogP contribution is 2.45. The van der Waals surface area contributed by atoms with E-state index in [4.69, 9.17) is 9.97 Å². The Kier molecular flexibility index (Phi) is 12.1. The van der Waals surface area contributed by atoms with Crippen LogP contribution in [0.4, 0.5) is 0 Å². The number of nitrogens with zero attached hydrogens (tertiary/aromatic N) is 4. The summed E-state index contributed by atoms with van der Waals surface area (Å²) in [6.07, 6.45) is 1.98. The minimum Gasteiger partial charge on any atom is -0.507 e. The number of pyridine rings is 1. The maximum atomic E-state index is 11.5. The lowest BCUT2D eigenvalue weighted by atomic mass is 9.80. The fourth-order valence-corrected chi connectivity index (χ4v) is 11.1. The minimum absolute atomic E-state index is 0.0178. The monoisotopic (exact) mass is 1010 g/mol. The molecular weight excluding hydrogens is 937 g/mol. The van der Waals surface area contributed by atoms with Gasteiger partial charge in [-0.05, 0) is 144 Å². The number of benzene rings is 8. The molecule has 3 aromatic heterocycles. The second-order valence-electron chi connectivity index (χ2n) is 26.7. The molecule has 0 aliphatic carbocycles. The fraction of sp³-hybridized carbons (Fsp3) is 0.278. The van der Waals surface area contributed by atoms with E-state index in [2.05, 4.69) is 253 Å². The fourth-order valence-electron chi connectivity index (χ4n) is 11.1. The highest BCUT2D eigenvalue weighted by molar-refractivity contribution is 6.15. The van der Waals surface area contributed by atoms with Crippen LogP contribution in [0.15, 0.2) is 170 Å². The van der Waals surface area contributed by atoms with Gasteiger partial charge in [-0.2, -0.15) is 0 Å². The molecule has 0 spiro atoms. The number of hydrogen-bond donors (Lipinski definition) is 1. The Bertz CT molecular complexity index is 4090. The molecule has 388 valence electrons. The molecule has 0 fully saturated rings. The Morgan fingerprint density at radius 1 is 0.390 bits per heavy atom. The van der Waals surface area contributed by atoms with Crippen LogP contribution < -0.4 is 0 Å². The van der Waals surface area contributed by atoms with Crippen LogP contribution in [-0.2, 0) is 27.1 Å². The molecule has 11 rings (SSSR count). The van der Waals surface area contributed by atoms with Crippen LogP contribution in [0.5, 0.6) is 5.75 Å². The van der Waals surface area contributed by atoms with Crippen LogP contribution >= 0.6 is 0 Å². The number of imidazole rings is 1. The minimum atomic E-state index is -0.183. The molecule has 0 aliphatic heterocycles. The van der Waals surface area contributed by atoms with Gasteiger partial charge in [-0.3, -0.25) is 9.55 Å². The lowest BCUT2D eigenvalue weighted by Gasteiger charge is -2.27. The van der Waals surface area contributed by atoms with Crippen molar-refractivity contribution in [1.82, 2.24) is 19.1 Å². The first-order valence-electron chi connectivity index (χ1n) is 27.4. The number of aromatic nitrogens is 4. The third-order valence-electron chi connectivity index (χ3n) is 15.8. The molecule has 0 saturated carbocycles. The van der Waals surface area contributed by atoms with Crippen molar-refractivity contribution in [3.8, 4) is 62.0 Å². The second-order valence-corrected chi connectivity index (χ2v) is 26.7. The van der Waals surface area contributed by atoms with Gasteiger partial charge in [0.1, 0.15) is 11.6 Å². The van der Waals surface area contributed by atoms with Gasteiger partial charge in [-0.15, -0.1) is 0 Å². The van der Waals surface area contributed by atoms with Crippen molar-refractivity contribution < 1.29 is 5.11 Å². The summed E-state index contributed by atoms with van der Waals surface area (Å²) in [5, 5.41) is 16.5. The number of hydrogen-bond acceptors (Lipinski definition) is 3. The van der Waals surface area contributed by atoms with E-state index in [0.29, 0.717) is 11.4 Å². The molecule has 0 aliphatic rings. The Morgan fingerprint density at radius 3 is 1.65 bits per heavy atom. The van der Waals surface area contributed by atoms with Crippen LogP contribution in [-0.4, -0.2) is 24.2 Å². The van der Waals surface area contributed by atoms with E-state index in [9.17, 15) is 5.11 Å². The van der Waals surface area contributed by atoms with Gasteiger partial charge in [-0.25, -0.2) is 4.98 Å². The Labute approximate surface area is 456 Å². The number of phenols is 1. The molecule has 0 saturated heterocycles. The van der Waals surface area contributed by atoms with Gasteiger partial charge >= 0.3 is 0 Å². The van der Waals surface area contributed by atoms with Crippen LogP contribution in [0.2, 0.25) is 0 Å². The van der Waals surface area contributed by atoms with E-state index >= 15 is 0 Å². The van der Waals surface area contributed by atoms with Crippen LogP contribution in [0.3, 0.4) is 0 Å². The van der Waals surface area contributed by atoms with Crippen LogP contribution in [0.25, 0.3) is 99.9 Å². The summed E-state index contributed by atoms with van der Waals surface area (Å²) in [5.74, 6) is 0.881. The lowest BCUT2D eigenvalue weighted by Crippen LogP contribution is -2.17. The first-order valence-corrected chi connectivity index (χ1v) is 27.4. The second kappa shape index (κ2) is 18.2. The van der Waals surface area contributed by atoms with Crippen molar-refractivity contribution in [2.24, 2.45) is 0 Å². The molecule has 5 nitrogen and oxygen atoms in total. The summed E-state index contributed by atoms with van der Waals surface area (Å²) in [6, 6.07) is 60.0. The summed E-state index contributed by atoms with van der Waals surface area (Å²) in [7, 11) is 0. The van der Waals surface area contributed by atoms with E-state index in [0.717, 1.165) is 50.2 Å². The highest BCUT2D eigenvalue weighted by atomic mass is 16.3. The molecule has 3 heterocycles. The number of phenolic OH excluding ortho intramolecular Hbond substituents is 1. The Morgan fingerprint density at radius 2 is 0.961 bits per heavy atom. The van der Waals surface area contributed by atoms with Gasteiger partial charge in [-0.1, -0.05) is 195 Å². The van der Waals surface area contributed by atoms with E-state index < -0.39 is 0 Å². The molecular formula is C72H74N4O. The molecule has 11 aromatic rings. The average molecular weight is 1010 g/mol. The van der Waals surface area contributed by atoms with E-state index in [1.54, 1.807) is 6.07 Å². The molecule has 5 heteroatoms. The molecule has 0 atom stereocenters. The average Bonchev–Trinajstić information content (AvgIpc) is 3.99. The van der Waals surface area contributed by atoms with Crippen molar-refractivity contribution in [2.75, 3.05) is 0 Å². The van der Waals surface area contributed by atoms with Crippen molar-refractivity contribution in [2.45, 2.75) is 131 Å². The summed E-state index contributed by atoms with van der Waals surface area (Å²) in [5.41, 5.74) is 19.1. The zero-order chi connectivity index (χ0) is 54.7. The van der Waals surface area contributed by atoms with Crippen LogP contribution in [0.1, 0.15) is 132 Å².